The molecule has 1 aliphatic heterocycles. The molecule has 1 aromatic rings. The van der Waals surface area contributed by atoms with Gasteiger partial charge in [-0.2, -0.15) is 0 Å². The van der Waals surface area contributed by atoms with Gasteiger partial charge in [0.05, 0.1) is 6.54 Å². The van der Waals surface area contributed by atoms with Crippen LogP contribution in [0.1, 0.15) is 5.56 Å². The SMILES string of the molecule is O=C(O)CN1CCN(C(=O)/C=C/c2ccc(Br)cc2)CC1. The van der Waals surface area contributed by atoms with E-state index < -0.39 is 5.97 Å². The van der Waals surface area contributed by atoms with Crippen LogP contribution in [0.15, 0.2) is 34.8 Å². The average Bonchev–Trinajstić information content (AvgIpc) is 2.46. The van der Waals surface area contributed by atoms with Gasteiger partial charge in [-0.3, -0.25) is 14.5 Å². The summed E-state index contributed by atoms with van der Waals surface area (Å²) in [4.78, 5) is 26.3. The van der Waals surface area contributed by atoms with Gasteiger partial charge in [0, 0.05) is 36.7 Å². The Morgan fingerprint density at radius 1 is 1.14 bits per heavy atom. The first-order chi connectivity index (χ1) is 10.0. The Hall–Kier alpha value is -1.66. The highest BCUT2D eigenvalue weighted by Crippen LogP contribution is 2.12. The zero-order chi connectivity index (χ0) is 15.2. The second kappa shape index (κ2) is 7.38. The molecule has 0 aliphatic carbocycles. The number of hydrogen-bond donors (Lipinski definition) is 1. The van der Waals surface area contributed by atoms with Crippen molar-refractivity contribution >= 4 is 33.9 Å². The van der Waals surface area contributed by atoms with Gasteiger partial charge in [-0.05, 0) is 23.8 Å². The minimum atomic E-state index is -0.829. The molecule has 0 spiro atoms. The van der Waals surface area contributed by atoms with E-state index in [1.165, 1.54) is 0 Å². The summed E-state index contributed by atoms with van der Waals surface area (Å²) in [5.74, 6) is -0.863. The molecule has 0 radical (unpaired) electrons. The number of rotatable bonds is 4. The fraction of sp³-hybridized carbons (Fsp3) is 0.333. The Morgan fingerprint density at radius 3 is 2.33 bits per heavy atom. The first kappa shape index (κ1) is 15.7. The summed E-state index contributed by atoms with van der Waals surface area (Å²) in [5, 5.41) is 8.73. The highest BCUT2D eigenvalue weighted by Gasteiger charge is 2.20. The lowest BCUT2D eigenvalue weighted by molar-refractivity contribution is -0.139. The number of nitrogens with zero attached hydrogens (tertiary/aromatic N) is 2. The fourth-order valence-corrected chi connectivity index (χ4v) is 2.43. The molecule has 0 bridgehead atoms. The Kier molecular flexibility index (Phi) is 5.52. The van der Waals surface area contributed by atoms with Crippen LogP contribution in [0, 0.1) is 0 Å². The maximum absolute atomic E-state index is 12.1. The number of carbonyl (C=O) groups excluding carboxylic acids is 1. The van der Waals surface area contributed by atoms with Crippen molar-refractivity contribution < 1.29 is 14.7 Å². The summed E-state index contributed by atoms with van der Waals surface area (Å²) in [6, 6.07) is 7.71. The van der Waals surface area contributed by atoms with Crippen molar-refractivity contribution in [2.45, 2.75) is 0 Å². The van der Waals surface area contributed by atoms with Gasteiger partial charge in [-0.15, -0.1) is 0 Å². The predicted molar refractivity (Wildman–Crippen MR) is 83.8 cm³/mol. The largest absolute Gasteiger partial charge is 0.480 e. The van der Waals surface area contributed by atoms with Gasteiger partial charge < -0.3 is 10.0 Å². The molecule has 0 atom stereocenters. The summed E-state index contributed by atoms with van der Waals surface area (Å²) in [5.41, 5.74) is 0.969. The molecule has 1 N–H and O–H groups in total. The van der Waals surface area contributed by atoms with Crippen LogP contribution in [0.4, 0.5) is 0 Å². The number of hydrogen-bond acceptors (Lipinski definition) is 3. The Balaban J connectivity index is 1.84. The molecule has 1 heterocycles. The number of piperazine rings is 1. The van der Waals surface area contributed by atoms with Gasteiger partial charge in [0.1, 0.15) is 0 Å². The number of carboxylic acid groups (broad SMARTS) is 1. The minimum absolute atomic E-state index is 0.0344. The average molecular weight is 353 g/mol. The van der Waals surface area contributed by atoms with E-state index in [1.54, 1.807) is 17.1 Å². The molecule has 112 valence electrons. The van der Waals surface area contributed by atoms with Crippen LogP contribution in [0.2, 0.25) is 0 Å². The third kappa shape index (κ3) is 4.99. The van der Waals surface area contributed by atoms with E-state index in [0.717, 1.165) is 10.0 Å². The minimum Gasteiger partial charge on any atom is -0.480 e. The summed E-state index contributed by atoms with van der Waals surface area (Å²) >= 11 is 3.36. The number of aliphatic carboxylic acids is 1. The van der Waals surface area contributed by atoms with E-state index in [-0.39, 0.29) is 12.5 Å². The Labute approximate surface area is 132 Å². The zero-order valence-corrected chi connectivity index (χ0v) is 13.1. The summed E-state index contributed by atoms with van der Waals surface area (Å²) in [6.45, 7) is 2.37. The van der Waals surface area contributed by atoms with Crippen molar-refractivity contribution in [1.29, 1.82) is 0 Å². The number of halogens is 1. The number of carbonyl (C=O) groups is 2. The van der Waals surface area contributed by atoms with Crippen molar-refractivity contribution in [3.63, 3.8) is 0 Å². The molecule has 0 unspecified atom stereocenters. The molecule has 0 aromatic heterocycles. The van der Waals surface area contributed by atoms with Crippen LogP contribution >= 0.6 is 15.9 Å². The van der Waals surface area contributed by atoms with Crippen LogP contribution in [-0.4, -0.2) is 59.5 Å². The van der Waals surface area contributed by atoms with E-state index in [1.807, 2.05) is 29.2 Å². The van der Waals surface area contributed by atoms with Crippen LogP contribution in [0.3, 0.4) is 0 Å². The van der Waals surface area contributed by atoms with E-state index in [9.17, 15) is 9.59 Å². The van der Waals surface area contributed by atoms with Gasteiger partial charge in [0.15, 0.2) is 0 Å². The van der Waals surface area contributed by atoms with Crippen LogP contribution in [-0.2, 0) is 9.59 Å². The highest BCUT2D eigenvalue weighted by molar-refractivity contribution is 9.10. The van der Waals surface area contributed by atoms with E-state index in [4.69, 9.17) is 5.11 Å². The number of amides is 1. The first-order valence-corrected chi connectivity index (χ1v) is 7.50. The lowest BCUT2D eigenvalue weighted by Crippen LogP contribution is -2.49. The molecule has 5 nitrogen and oxygen atoms in total. The molecule has 1 saturated heterocycles. The van der Waals surface area contributed by atoms with Gasteiger partial charge in [-0.25, -0.2) is 0 Å². The Morgan fingerprint density at radius 2 is 1.76 bits per heavy atom. The normalized spacial score (nSPS) is 16.3. The van der Waals surface area contributed by atoms with Crippen molar-refractivity contribution in [2.24, 2.45) is 0 Å². The topological polar surface area (TPSA) is 60.9 Å². The lowest BCUT2D eigenvalue weighted by Gasteiger charge is -2.33. The lowest BCUT2D eigenvalue weighted by atomic mass is 10.2. The molecule has 6 heteroatoms. The molecule has 2 rings (SSSR count). The number of benzene rings is 1. The summed E-state index contributed by atoms with van der Waals surface area (Å²) < 4.78 is 1.00. The first-order valence-electron chi connectivity index (χ1n) is 6.71. The maximum atomic E-state index is 12.1. The van der Waals surface area contributed by atoms with Crippen molar-refractivity contribution in [3.05, 3.63) is 40.4 Å². The second-order valence-corrected chi connectivity index (χ2v) is 5.80. The monoisotopic (exact) mass is 352 g/mol. The molecule has 1 aliphatic rings. The van der Waals surface area contributed by atoms with Crippen LogP contribution in [0.25, 0.3) is 6.08 Å². The summed E-state index contributed by atoms with van der Waals surface area (Å²) in [6.07, 6.45) is 3.36. The molecule has 1 amide bonds. The highest BCUT2D eigenvalue weighted by atomic mass is 79.9. The van der Waals surface area contributed by atoms with E-state index in [0.29, 0.717) is 26.2 Å². The third-order valence-electron chi connectivity index (χ3n) is 3.33. The van der Waals surface area contributed by atoms with Gasteiger partial charge in [-0.1, -0.05) is 28.1 Å². The fourth-order valence-electron chi connectivity index (χ4n) is 2.16. The van der Waals surface area contributed by atoms with Crippen molar-refractivity contribution in [3.8, 4) is 0 Å². The smallest absolute Gasteiger partial charge is 0.317 e. The second-order valence-electron chi connectivity index (χ2n) is 4.88. The van der Waals surface area contributed by atoms with Gasteiger partial charge in [0.2, 0.25) is 5.91 Å². The van der Waals surface area contributed by atoms with Crippen LogP contribution < -0.4 is 0 Å². The zero-order valence-electron chi connectivity index (χ0n) is 11.5. The maximum Gasteiger partial charge on any atom is 0.317 e. The molecule has 0 saturated carbocycles. The Bertz CT molecular complexity index is 534. The molecule has 1 aromatic carbocycles. The molecular formula is C15H17BrN2O3. The molecular weight excluding hydrogens is 336 g/mol. The molecule has 1 fully saturated rings. The van der Waals surface area contributed by atoms with Gasteiger partial charge >= 0.3 is 5.97 Å². The third-order valence-corrected chi connectivity index (χ3v) is 3.86. The van der Waals surface area contributed by atoms with E-state index >= 15 is 0 Å². The number of carboxylic acids is 1. The standard InChI is InChI=1S/C15H17BrN2O3/c16-13-4-1-12(2-5-13)3-6-14(19)18-9-7-17(8-10-18)11-15(20)21/h1-6H,7-11H2,(H,20,21)/b6-3+. The molecule has 21 heavy (non-hydrogen) atoms. The summed E-state index contributed by atoms with van der Waals surface area (Å²) in [7, 11) is 0. The van der Waals surface area contributed by atoms with Crippen molar-refractivity contribution in [2.75, 3.05) is 32.7 Å². The van der Waals surface area contributed by atoms with Crippen LogP contribution in [0.5, 0.6) is 0 Å². The quantitative estimate of drug-likeness (QED) is 0.837. The van der Waals surface area contributed by atoms with Crippen molar-refractivity contribution in [1.82, 2.24) is 9.80 Å². The predicted octanol–water partition coefficient (Wildman–Crippen LogP) is 1.69. The van der Waals surface area contributed by atoms with Gasteiger partial charge in [0.25, 0.3) is 0 Å². The van der Waals surface area contributed by atoms with E-state index in [2.05, 4.69) is 15.9 Å².